The minimum atomic E-state index is -0.174. The molecule has 1 unspecified atom stereocenters. The maximum Gasteiger partial charge on any atom is 0.245 e. The van der Waals surface area contributed by atoms with E-state index in [1.807, 2.05) is 4.90 Å². The molecular weight excluding hydrogens is 216 g/mol. The molecule has 0 aromatic rings. The lowest BCUT2D eigenvalue weighted by Crippen LogP contribution is -2.45. The molecule has 2 saturated heterocycles. The molecule has 1 atom stereocenters. The van der Waals surface area contributed by atoms with Crippen molar-refractivity contribution >= 4 is 11.8 Å². The molecule has 0 saturated carbocycles. The topological polar surface area (TPSA) is 40.6 Å². The van der Waals surface area contributed by atoms with Gasteiger partial charge in [-0.2, -0.15) is 0 Å². The van der Waals surface area contributed by atoms with Crippen LogP contribution in [0.2, 0.25) is 0 Å². The molecule has 2 aliphatic heterocycles. The third kappa shape index (κ3) is 2.61. The Labute approximate surface area is 103 Å². The van der Waals surface area contributed by atoms with Gasteiger partial charge in [-0.05, 0) is 18.3 Å². The van der Waals surface area contributed by atoms with E-state index >= 15 is 0 Å². The first-order chi connectivity index (χ1) is 7.88. The molecule has 0 radical (unpaired) electrons. The fourth-order valence-electron chi connectivity index (χ4n) is 2.75. The summed E-state index contributed by atoms with van der Waals surface area (Å²) in [5.74, 6) is 0.306. The predicted octanol–water partition coefficient (Wildman–Crippen LogP) is 1.26. The predicted molar refractivity (Wildman–Crippen MR) is 65.4 cm³/mol. The molecule has 0 aromatic heterocycles. The van der Waals surface area contributed by atoms with Gasteiger partial charge in [0.25, 0.3) is 0 Å². The van der Waals surface area contributed by atoms with Crippen LogP contribution in [-0.4, -0.2) is 47.3 Å². The largest absolute Gasteiger partial charge is 0.340 e. The normalized spacial score (nSPS) is 26.2. The highest BCUT2D eigenvalue weighted by atomic mass is 16.2. The lowest BCUT2D eigenvalue weighted by Gasteiger charge is -2.30. The van der Waals surface area contributed by atoms with E-state index in [2.05, 4.69) is 20.8 Å². The second-order valence-electron chi connectivity index (χ2n) is 6.32. The average molecular weight is 238 g/mol. The SMILES string of the molecule is CC(C)(C)CN1CCC(=O)N2CCCC2C1=O. The molecule has 0 aliphatic carbocycles. The molecule has 2 amide bonds. The van der Waals surface area contributed by atoms with Gasteiger partial charge in [0.15, 0.2) is 0 Å². The van der Waals surface area contributed by atoms with Gasteiger partial charge >= 0.3 is 0 Å². The van der Waals surface area contributed by atoms with Gasteiger partial charge in [-0.25, -0.2) is 0 Å². The Bertz CT molecular complexity index is 333. The third-order valence-electron chi connectivity index (χ3n) is 3.43. The van der Waals surface area contributed by atoms with E-state index in [9.17, 15) is 9.59 Å². The fourth-order valence-corrected chi connectivity index (χ4v) is 2.75. The van der Waals surface area contributed by atoms with Gasteiger partial charge in [-0.15, -0.1) is 0 Å². The second kappa shape index (κ2) is 4.31. The van der Waals surface area contributed by atoms with Crippen LogP contribution in [-0.2, 0) is 9.59 Å². The van der Waals surface area contributed by atoms with E-state index in [4.69, 9.17) is 0 Å². The van der Waals surface area contributed by atoms with Crippen LogP contribution >= 0.6 is 0 Å². The quantitative estimate of drug-likeness (QED) is 0.690. The van der Waals surface area contributed by atoms with Crippen molar-refractivity contribution in [3.05, 3.63) is 0 Å². The molecular formula is C13H22N2O2. The monoisotopic (exact) mass is 238 g/mol. The second-order valence-corrected chi connectivity index (χ2v) is 6.32. The standard InChI is InChI=1S/C13H22N2O2/c1-13(2,3)9-14-8-6-11(16)15-7-4-5-10(15)12(14)17/h10H,4-9H2,1-3H3. The van der Waals surface area contributed by atoms with E-state index in [0.717, 1.165) is 25.9 Å². The highest BCUT2D eigenvalue weighted by molar-refractivity contribution is 5.90. The zero-order valence-electron chi connectivity index (χ0n) is 11.0. The lowest BCUT2D eigenvalue weighted by molar-refractivity contribution is -0.140. The van der Waals surface area contributed by atoms with Crippen molar-refractivity contribution in [3.63, 3.8) is 0 Å². The molecule has 0 N–H and O–H groups in total. The van der Waals surface area contributed by atoms with E-state index in [0.29, 0.717) is 13.0 Å². The van der Waals surface area contributed by atoms with Crippen LogP contribution < -0.4 is 0 Å². The van der Waals surface area contributed by atoms with Gasteiger partial charge in [-0.1, -0.05) is 20.8 Å². The van der Waals surface area contributed by atoms with Crippen molar-refractivity contribution in [1.82, 2.24) is 9.80 Å². The molecule has 0 aromatic carbocycles. The Morgan fingerprint density at radius 3 is 2.59 bits per heavy atom. The number of nitrogens with zero attached hydrogens (tertiary/aromatic N) is 2. The van der Waals surface area contributed by atoms with Gasteiger partial charge in [0.2, 0.25) is 11.8 Å². The maximum absolute atomic E-state index is 12.4. The highest BCUT2D eigenvalue weighted by Gasteiger charge is 2.39. The van der Waals surface area contributed by atoms with Gasteiger partial charge in [0.1, 0.15) is 6.04 Å². The molecule has 96 valence electrons. The van der Waals surface area contributed by atoms with Gasteiger partial charge in [0, 0.05) is 26.1 Å². The minimum Gasteiger partial charge on any atom is -0.340 e. The summed E-state index contributed by atoms with van der Waals surface area (Å²) in [6, 6.07) is -0.174. The number of carbonyl (C=O) groups is 2. The van der Waals surface area contributed by atoms with Crippen molar-refractivity contribution in [2.75, 3.05) is 19.6 Å². The smallest absolute Gasteiger partial charge is 0.245 e. The molecule has 2 heterocycles. The van der Waals surface area contributed by atoms with Crippen LogP contribution in [0.4, 0.5) is 0 Å². The van der Waals surface area contributed by atoms with E-state index < -0.39 is 0 Å². The summed E-state index contributed by atoms with van der Waals surface area (Å²) in [4.78, 5) is 27.9. The van der Waals surface area contributed by atoms with Crippen molar-refractivity contribution in [1.29, 1.82) is 0 Å². The highest BCUT2D eigenvalue weighted by Crippen LogP contribution is 2.25. The number of amides is 2. The van der Waals surface area contributed by atoms with E-state index in [1.54, 1.807) is 4.90 Å². The number of carbonyl (C=O) groups excluding carboxylic acids is 2. The lowest BCUT2D eigenvalue weighted by atomic mass is 9.95. The Balaban J connectivity index is 2.14. The first kappa shape index (κ1) is 12.4. The van der Waals surface area contributed by atoms with Crippen LogP contribution in [0.15, 0.2) is 0 Å². The summed E-state index contributed by atoms with van der Waals surface area (Å²) in [6.07, 6.45) is 2.29. The van der Waals surface area contributed by atoms with Crippen molar-refractivity contribution in [3.8, 4) is 0 Å². The first-order valence-corrected chi connectivity index (χ1v) is 6.47. The molecule has 2 fully saturated rings. The van der Waals surface area contributed by atoms with Gasteiger partial charge in [-0.3, -0.25) is 9.59 Å². The minimum absolute atomic E-state index is 0.0898. The Kier molecular flexibility index (Phi) is 3.15. The third-order valence-corrected chi connectivity index (χ3v) is 3.43. The Morgan fingerprint density at radius 2 is 1.94 bits per heavy atom. The van der Waals surface area contributed by atoms with Crippen LogP contribution in [0.25, 0.3) is 0 Å². The first-order valence-electron chi connectivity index (χ1n) is 6.47. The molecule has 0 spiro atoms. The summed E-state index contributed by atoms with van der Waals surface area (Å²) in [7, 11) is 0. The summed E-state index contributed by atoms with van der Waals surface area (Å²) in [5.41, 5.74) is 0.0898. The van der Waals surface area contributed by atoms with E-state index in [1.165, 1.54) is 0 Å². The van der Waals surface area contributed by atoms with Crippen LogP contribution in [0.5, 0.6) is 0 Å². The van der Waals surface area contributed by atoms with Crippen molar-refractivity contribution in [2.45, 2.75) is 46.1 Å². The van der Waals surface area contributed by atoms with E-state index in [-0.39, 0.29) is 23.3 Å². The van der Waals surface area contributed by atoms with Crippen molar-refractivity contribution < 1.29 is 9.59 Å². The molecule has 4 heteroatoms. The summed E-state index contributed by atoms with van der Waals surface area (Å²) in [5, 5.41) is 0. The molecule has 2 rings (SSSR count). The van der Waals surface area contributed by atoms with Gasteiger partial charge < -0.3 is 9.80 Å². The average Bonchev–Trinajstić information content (AvgIpc) is 2.66. The zero-order valence-corrected chi connectivity index (χ0v) is 11.0. The summed E-state index contributed by atoms with van der Waals surface area (Å²) < 4.78 is 0. The number of fused-ring (bicyclic) bond motifs is 1. The number of hydrogen-bond donors (Lipinski definition) is 0. The van der Waals surface area contributed by atoms with Crippen LogP contribution in [0, 0.1) is 5.41 Å². The zero-order chi connectivity index (χ0) is 12.6. The number of hydrogen-bond acceptors (Lipinski definition) is 2. The van der Waals surface area contributed by atoms with Gasteiger partial charge in [0.05, 0.1) is 0 Å². The Morgan fingerprint density at radius 1 is 1.24 bits per heavy atom. The summed E-state index contributed by atoms with van der Waals surface area (Å²) in [6.45, 7) is 8.46. The molecule has 4 nitrogen and oxygen atoms in total. The molecule has 17 heavy (non-hydrogen) atoms. The van der Waals surface area contributed by atoms with Crippen LogP contribution in [0.1, 0.15) is 40.0 Å². The van der Waals surface area contributed by atoms with Crippen molar-refractivity contribution in [2.24, 2.45) is 5.41 Å². The number of rotatable bonds is 1. The molecule has 2 aliphatic rings. The Hall–Kier alpha value is -1.06. The van der Waals surface area contributed by atoms with Crippen LogP contribution in [0.3, 0.4) is 0 Å². The maximum atomic E-state index is 12.4. The summed E-state index contributed by atoms with van der Waals surface area (Å²) >= 11 is 0. The fraction of sp³-hybridized carbons (Fsp3) is 0.846. The molecule has 0 bridgehead atoms.